The summed E-state index contributed by atoms with van der Waals surface area (Å²) >= 11 is 0. The molecule has 2 aliphatic heterocycles. The number of aliphatic imine (C=N–C) groups is 2. The molecule has 2 saturated heterocycles. The van der Waals surface area contributed by atoms with Crippen molar-refractivity contribution in [2.24, 2.45) is 61.8 Å². The van der Waals surface area contributed by atoms with Gasteiger partial charge in [-0.05, 0) is 44.4 Å². The molecule has 404 valence electrons. The largest absolute Gasteiger partial charge is 0.370 e. The molecule has 2 heterocycles. The van der Waals surface area contributed by atoms with Crippen LogP contribution in [0.25, 0.3) is 0 Å². The van der Waals surface area contributed by atoms with E-state index in [-0.39, 0.29) is 92.5 Å². The zero-order chi connectivity index (χ0) is 54.1. The van der Waals surface area contributed by atoms with Crippen molar-refractivity contribution in [3.63, 3.8) is 0 Å². The Balaban J connectivity index is 2.41. The van der Waals surface area contributed by atoms with Crippen LogP contribution in [0.1, 0.15) is 65.2 Å². The Hall–Kier alpha value is -5.93. The summed E-state index contributed by atoms with van der Waals surface area (Å²) in [6, 6.07) is -11.5. The van der Waals surface area contributed by atoms with E-state index in [0.29, 0.717) is 0 Å². The van der Waals surface area contributed by atoms with Gasteiger partial charge in [0.25, 0.3) is 0 Å². The van der Waals surface area contributed by atoms with Gasteiger partial charge in [0.15, 0.2) is 11.9 Å². The van der Waals surface area contributed by atoms with Gasteiger partial charge in [-0.3, -0.25) is 62.7 Å². The highest BCUT2D eigenvalue weighted by Crippen LogP contribution is 2.26. The molecular formula is C39H68N18O11S4. The maximum Gasteiger partial charge on any atom is 0.244 e. The molecule has 2 rings (SSSR count). The highest BCUT2D eigenvalue weighted by atomic mass is 33.1. The topological polar surface area (TPSA) is 517 Å². The number of hydrogen-bond donors (Lipinski definition) is 16. The van der Waals surface area contributed by atoms with Crippen LogP contribution < -0.4 is 88.4 Å². The predicted molar refractivity (Wildman–Crippen MR) is 274 cm³/mol. The van der Waals surface area contributed by atoms with Gasteiger partial charge in [-0.2, -0.15) is 0 Å². The van der Waals surface area contributed by atoms with Crippen LogP contribution in [0, 0.1) is 5.92 Å². The molecule has 33 heteroatoms. The Bertz CT molecular complexity index is 2010. The van der Waals surface area contributed by atoms with E-state index < -0.39 is 132 Å². The molecule has 0 spiro atoms. The predicted octanol–water partition coefficient (Wildman–Crippen LogP) is -7.24. The second-order valence-corrected chi connectivity index (χ2v) is 21.9. The minimum absolute atomic E-state index is 0.00672. The van der Waals surface area contributed by atoms with E-state index in [9.17, 15) is 52.7 Å². The minimum atomic E-state index is -1.53. The summed E-state index contributed by atoms with van der Waals surface area (Å²) in [7, 11) is 4.84. The number of carbonyl (C=O) groups is 11. The summed E-state index contributed by atoms with van der Waals surface area (Å²) in [5, 5.41) is 20.5. The molecule has 0 aromatic heterocycles. The van der Waals surface area contributed by atoms with Crippen molar-refractivity contribution in [1.82, 2.24) is 42.5 Å². The van der Waals surface area contributed by atoms with Crippen LogP contribution in [0.15, 0.2) is 9.98 Å². The molecule has 9 atom stereocenters. The van der Waals surface area contributed by atoms with Crippen molar-refractivity contribution in [2.45, 2.75) is 120 Å². The quantitative estimate of drug-likeness (QED) is 0.0150. The molecule has 0 saturated carbocycles. The molecule has 24 N–H and O–H groups in total. The van der Waals surface area contributed by atoms with Gasteiger partial charge in [0.1, 0.15) is 48.3 Å². The Kier molecular flexibility index (Phi) is 27.8. The molecule has 0 bridgehead atoms. The average Bonchev–Trinajstić information content (AvgIpc) is 3.27. The summed E-state index contributed by atoms with van der Waals surface area (Å²) in [6.45, 7) is 3.56. The maximum atomic E-state index is 14.2. The van der Waals surface area contributed by atoms with Crippen molar-refractivity contribution >= 4 is 120 Å². The molecule has 2 aliphatic rings. The first-order chi connectivity index (χ1) is 33.9. The highest BCUT2D eigenvalue weighted by molar-refractivity contribution is 8.77. The second kappa shape index (κ2) is 32.2. The van der Waals surface area contributed by atoms with E-state index >= 15 is 0 Å². The van der Waals surface area contributed by atoms with Gasteiger partial charge in [0, 0.05) is 42.5 Å². The number of carbonyl (C=O) groups excluding carboxylic acids is 11. The van der Waals surface area contributed by atoms with E-state index in [1.165, 1.54) is 32.4 Å². The van der Waals surface area contributed by atoms with Gasteiger partial charge in [0.2, 0.25) is 65.0 Å². The first kappa shape index (κ1) is 62.2. The van der Waals surface area contributed by atoms with Crippen LogP contribution >= 0.6 is 43.2 Å². The van der Waals surface area contributed by atoms with Crippen LogP contribution in [-0.2, 0) is 52.7 Å². The summed E-state index contributed by atoms with van der Waals surface area (Å²) in [4.78, 5) is 152. The number of amides is 11. The lowest BCUT2D eigenvalue weighted by Gasteiger charge is -2.29. The second-order valence-electron chi connectivity index (χ2n) is 16.8. The number of primary amides is 3. The van der Waals surface area contributed by atoms with E-state index in [0.717, 1.165) is 10.8 Å². The highest BCUT2D eigenvalue weighted by Gasteiger charge is 2.36. The lowest BCUT2D eigenvalue weighted by atomic mass is 10.0. The molecular weight excluding hydrogens is 1020 g/mol. The smallest absolute Gasteiger partial charge is 0.244 e. The molecule has 11 amide bonds. The van der Waals surface area contributed by atoms with Gasteiger partial charge in [-0.1, -0.05) is 57.0 Å². The number of nitrogens with zero attached hydrogens (tertiary/aromatic N) is 2. The summed E-state index contributed by atoms with van der Waals surface area (Å²) in [6.07, 6.45) is -1.23. The van der Waals surface area contributed by atoms with Gasteiger partial charge in [-0.25, -0.2) is 0 Å². The first-order valence-electron chi connectivity index (χ1n) is 22.5. The molecule has 0 unspecified atom stereocenters. The van der Waals surface area contributed by atoms with Crippen LogP contribution in [0.3, 0.4) is 0 Å². The lowest BCUT2D eigenvalue weighted by molar-refractivity contribution is -0.136. The number of hydrogen-bond acceptors (Lipinski definition) is 18. The summed E-state index contributed by atoms with van der Waals surface area (Å²) in [5.74, 6) is -9.32. The van der Waals surface area contributed by atoms with Crippen molar-refractivity contribution in [2.75, 3.05) is 36.1 Å². The van der Waals surface area contributed by atoms with E-state index in [1.54, 1.807) is 13.8 Å². The van der Waals surface area contributed by atoms with Crippen molar-refractivity contribution in [3.8, 4) is 0 Å². The Morgan fingerprint density at radius 1 is 0.569 bits per heavy atom. The standard InChI is InChI=1S/C39H68N18O11S4/c1-17(2)11-22(34(65)56-26-16-70-69-13-23(29(43)60)54-36(26)67)53-33(64)21(7-8-27(41)58)52-32(63)19(5-3-9-48-38(44)45)50-31(62)20(6-4-10-49-39(46)47)51-35(66)25-15-72-71-14-24(37(68)57-25)55-30(61)18(40)12-28(42)59/h17-26H,3-16,40H2,1-2H3,(H2,41,58)(H2,42,59)(H2,43,60)(H,50,62)(H,51,66)(H,52,63)(H,53,64)(H,54,67)(H,55,61)(H,56,65)(H,57,68)(H4,44,45,48)(H4,46,47,49)/t18-,19-,20-,21-,22-,23-,24-,25-,26-/m0/s1. The first-order valence-corrected chi connectivity index (χ1v) is 27.5. The zero-order valence-corrected chi connectivity index (χ0v) is 43.1. The van der Waals surface area contributed by atoms with Crippen molar-refractivity contribution < 1.29 is 52.7 Å². The minimum Gasteiger partial charge on any atom is -0.370 e. The Morgan fingerprint density at radius 3 is 1.46 bits per heavy atom. The fourth-order valence-corrected chi connectivity index (χ4v) is 11.2. The van der Waals surface area contributed by atoms with Crippen LogP contribution in [0.5, 0.6) is 0 Å². The molecule has 0 aliphatic carbocycles. The van der Waals surface area contributed by atoms with Gasteiger partial charge in [0.05, 0.1) is 12.5 Å². The third-order valence-electron chi connectivity index (χ3n) is 10.2. The van der Waals surface area contributed by atoms with E-state index in [2.05, 4.69) is 52.5 Å². The molecule has 2 fully saturated rings. The van der Waals surface area contributed by atoms with Gasteiger partial charge < -0.3 is 88.4 Å². The molecule has 0 aromatic carbocycles. The fourth-order valence-electron chi connectivity index (χ4n) is 6.51. The summed E-state index contributed by atoms with van der Waals surface area (Å²) in [5.41, 5.74) is 43.6. The van der Waals surface area contributed by atoms with Gasteiger partial charge >= 0.3 is 0 Å². The molecule has 0 radical (unpaired) electrons. The number of guanidine groups is 2. The maximum absolute atomic E-state index is 14.2. The normalized spacial score (nSPS) is 20.2. The lowest BCUT2D eigenvalue weighted by Crippen LogP contribution is -2.61. The fraction of sp³-hybridized carbons (Fsp3) is 0.667. The summed E-state index contributed by atoms with van der Waals surface area (Å²) < 4.78 is 0. The van der Waals surface area contributed by atoms with E-state index in [1.807, 2.05) is 0 Å². The number of rotatable bonds is 28. The molecule has 0 aromatic rings. The van der Waals surface area contributed by atoms with Crippen LogP contribution in [-0.4, -0.2) is 167 Å². The van der Waals surface area contributed by atoms with Crippen molar-refractivity contribution in [1.29, 1.82) is 0 Å². The molecule has 29 nitrogen and oxygen atoms in total. The third kappa shape index (κ3) is 24.0. The number of nitrogens with two attached hydrogens (primary N) is 8. The zero-order valence-electron chi connectivity index (χ0n) is 39.8. The third-order valence-corrected chi connectivity index (χ3v) is 15.1. The van der Waals surface area contributed by atoms with Crippen LogP contribution in [0.4, 0.5) is 0 Å². The number of nitrogens with one attached hydrogen (secondary N) is 8. The van der Waals surface area contributed by atoms with Gasteiger partial charge in [-0.15, -0.1) is 0 Å². The Labute approximate surface area is 431 Å². The van der Waals surface area contributed by atoms with Crippen molar-refractivity contribution in [3.05, 3.63) is 0 Å². The monoisotopic (exact) mass is 1090 g/mol. The molecule has 72 heavy (non-hydrogen) atoms. The average molecular weight is 1090 g/mol. The SMILES string of the molecule is CC(C)C[C@H](NC(=O)[C@H](CCC(N)=O)NC(=O)[C@H](CCCN=C(N)N)NC(=O)[C@H](CCCN=C(N)N)NC(=O)[C@@H]1CSSC[C@H](NC(=O)[C@@H](N)CC(N)=O)C(=O)N1)C(=O)N[C@H]1CSSC[C@@H](C(N)=O)NC1=O. The Morgan fingerprint density at radius 2 is 1.00 bits per heavy atom. The van der Waals surface area contributed by atoms with E-state index in [4.69, 9.17) is 45.9 Å². The van der Waals surface area contributed by atoms with Crippen LogP contribution in [0.2, 0.25) is 0 Å².